The number of amides is 4. The maximum atomic E-state index is 12.6. The van der Waals surface area contributed by atoms with E-state index in [4.69, 9.17) is 0 Å². The van der Waals surface area contributed by atoms with E-state index in [1.54, 1.807) is 39.0 Å². The fraction of sp³-hybridized carbons (Fsp3) is 0.250. The summed E-state index contributed by atoms with van der Waals surface area (Å²) in [5, 5.41) is 15.0. The fourth-order valence-corrected chi connectivity index (χ4v) is 2.96. The van der Waals surface area contributed by atoms with E-state index >= 15 is 0 Å². The third-order valence-electron chi connectivity index (χ3n) is 4.22. The van der Waals surface area contributed by atoms with Crippen molar-refractivity contribution in [2.75, 3.05) is 10.6 Å². The summed E-state index contributed by atoms with van der Waals surface area (Å²) >= 11 is 0. The zero-order chi connectivity index (χ0) is 19.9. The van der Waals surface area contributed by atoms with Crippen LogP contribution in [0.1, 0.15) is 47.1 Å². The van der Waals surface area contributed by atoms with Crippen molar-refractivity contribution in [2.45, 2.75) is 33.2 Å². The van der Waals surface area contributed by atoms with Gasteiger partial charge in [-0.1, -0.05) is 6.07 Å². The average molecular weight is 367 g/mol. The van der Waals surface area contributed by atoms with Crippen LogP contribution in [0.2, 0.25) is 0 Å². The monoisotopic (exact) mass is 367 g/mol. The van der Waals surface area contributed by atoms with Gasteiger partial charge in [0.25, 0.3) is 11.8 Å². The molecule has 0 spiro atoms. The van der Waals surface area contributed by atoms with Crippen LogP contribution >= 0.6 is 0 Å². The number of rotatable bonds is 2. The Bertz CT molecular complexity index is 960. The van der Waals surface area contributed by atoms with Crippen LogP contribution in [-0.4, -0.2) is 33.4 Å². The Hall–Kier alpha value is -3.35. The lowest BCUT2D eigenvalue weighted by atomic mass is 10.1. The number of phenols is 1. The average Bonchev–Trinajstić information content (AvgIpc) is 2.81. The van der Waals surface area contributed by atoms with Crippen molar-refractivity contribution >= 4 is 29.2 Å². The molecule has 1 aliphatic rings. The van der Waals surface area contributed by atoms with Crippen LogP contribution in [0.3, 0.4) is 0 Å². The number of urea groups is 1. The van der Waals surface area contributed by atoms with Gasteiger partial charge in [0.15, 0.2) is 0 Å². The Labute approximate surface area is 157 Å². The first-order valence-electron chi connectivity index (χ1n) is 8.48. The van der Waals surface area contributed by atoms with Gasteiger partial charge < -0.3 is 15.7 Å². The Morgan fingerprint density at radius 1 is 0.963 bits per heavy atom. The van der Waals surface area contributed by atoms with Crippen LogP contribution in [-0.2, 0) is 0 Å². The van der Waals surface area contributed by atoms with Crippen LogP contribution in [0.15, 0.2) is 36.4 Å². The van der Waals surface area contributed by atoms with Crippen LogP contribution in [0, 0.1) is 6.92 Å². The normalized spacial score (nSPS) is 13.6. The predicted molar refractivity (Wildman–Crippen MR) is 102 cm³/mol. The first-order chi connectivity index (χ1) is 12.6. The molecule has 0 saturated heterocycles. The van der Waals surface area contributed by atoms with Gasteiger partial charge in [0.2, 0.25) is 0 Å². The summed E-state index contributed by atoms with van der Waals surface area (Å²) in [5.74, 6) is -0.772. The molecule has 0 saturated carbocycles. The number of carbonyl (C=O) groups is 3. The Morgan fingerprint density at radius 2 is 1.63 bits per heavy atom. The van der Waals surface area contributed by atoms with E-state index in [2.05, 4.69) is 10.6 Å². The highest BCUT2D eigenvalue weighted by Crippen LogP contribution is 2.31. The van der Waals surface area contributed by atoms with Gasteiger partial charge in [-0.05, 0) is 63.6 Å². The summed E-state index contributed by atoms with van der Waals surface area (Å²) in [4.78, 5) is 38.5. The Morgan fingerprint density at radius 3 is 2.26 bits per heavy atom. The van der Waals surface area contributed by atoms with Crippen LogP contribution in [0.25, 0.3) is 0 Å². The highest BCUT2D eigenvalue weighted by atomic mass is 16.3. The number of aromatic hydroxyl groups is 1. The minimum atomic E-state index is -0.638. The molecular weight excluding hydrogens is 346 g/mol. The van der Waals surface area contributed by atoms with Crippen molar-refractivity contribution in [1.29, 1.82) is 0 Å². The molecule has 2 aromatic rings. The summed E-state index contributed by atoms with van der Waals surface area (Å²) in [6.45, 7) is 7.19. The second kappa shape index (κ2) is 6.42. The lowest BCUT2D eigenvalue weighted by Gasteiger charge is -2.29. The molecule has 0 radical (unpaired) electrons. The van der Waals surface area contributed by atoms with Gasteiger partial charge >= 0.3 is 6.03 Å². The summed E-state index contributed by atoms with van der Waals surface area (Å²) in [6, 6.07) is 8.89. The number of phenolic OH excluding ortho intramolecular Hbond substituents is 1. The summed E-state index contributed by atoms with van der Waals surface area (Å²) in [5.41, 5.74) is 1.44. The van der Waals surface area contributed by atoms with Gasteiger partial charge in [0.05, 0.1) is 16.8 Å². The van der Waals surface area contributed by atoms with Crippen molar-refractivity contribution in [3.63, 3.8) is 0 Å². The molecule has 7 nitrogen and oxygen atoms in total. The largest absolute Gasteiger partial charge is 0.506 e. The van der Waals surface area contributed by atoms with Crippen molar-refractivity contribution in [3.05, 3.63) is 53.1 Å². The van der Waals surface area contributed by atoms with Gasteiger partial charge in [-0.2, -0.15) is 0 Å². The first-order valence-corrected chi connectivity index (χ1v) is 8.48. The summed E-state index contributed by atoms with van der Waals surface area (Å²) in [7, 11) is 0. The number of aryl methyl sites for hydroxylation is 1. The number of nitrogens with zero attached hydrogens (tertiary/aromatic N) is 1. The molecule has 1 heterocycles. The highest BCUT2D eigenvalue weighted by molar-refractivity contribution is 6.22. The molecule has 0 aliphatic carbocycles. The third-order valence-corrected chi connectivity index (χ3v) is 4.22. The molecular formula is C20H21N3O4. The topological polar surface area (TPSA) is 98.7 Å². The van der Waals surface area contributed by atoms with Crippen LogP contribution < -0.4 is 10.6 Å². The minimum Gasteiger partial charge on any atom is -0.506 e. The second-order valence-electron chi connectivity index (χ2n) is 7.48. The van der Waals surface area contributed by atoms with Crippen molar-refractivity contribution in [1.82, 2.24) is 4.90 Å². The van der Waals surface area contributed by atoms with E-state index in [0.717, 1.165) is 5.56 Å². The third kappa shape index (κ3) is 3.48. The van der Waals surface area contributed by atoms with E-state index in [1.165, 1.54) is 23.1 Å². The number of anilines is 2. The van der Waals surface area contributed by atoms with E-state index in [-0.39, 0.29) is 28.8 Å². The number of fused-ring (bicyclic) bond motifs is 1. The molecule has 1 aliphatic heterocycles. The second-order valence-corrected chi connectivity index (χ2v) is 7.48. The first kappa shape index (κ1) is 18.4. The van der Waals surface area contributed by atoms with Crippen LogP contribution in [0.4, 0.5) is 16.2 Å². The molecule has 7 heteroatoms. The lowest BCUT2D eigenvalue weighted by Crippen LogP contribution is -2.45. The van der Waals surface area contributed by atoms with E-state index in [9.17, 15) is 19.5 Å². The van der Waals surface area contributed by atoms with Gasteiger partial charge in [0, 0.05) is 11.2 Å². The Balaban J connectivity index is 1.79. The fourth-order valence-electron chi connectivity index (χ4n) is 2.96. The van der Waals surface area contributed by atoms with Gasteiger partial charge in [-0.3, -0.25) is 14.5 Å². The van der Waals surface area contributed by atoms with Crippen LogP contribution in [0.5, 0.6) is 5.75 Å². The zero-order valence-electron chi connectivity index (χ0n) is 15.6. The van der Waals surface area contributed by atoms with Crippen molar-refractivity contribution in [3.8, 4) is 5.75 Å². The number of benzene rings is 2. The molecule has 0 unspecified atom stereocenters. The summed E-state index contributed by atoms with van der Waals surface area (Å²) in [6.07, 6.45) is 0. The molecule has 0 bridgehead atoms. The van der Waals surface area contributed by atoms with Gasteiger partial charge in [-0.25, -0.2) is 4.79 Å². The zero-order valence-corrected chi connectivity index (χ0v) is 15.6. The SMILES string of the molecule is Cc1ccc(NC(=O)Nc2ccc3c(c2)C(=O)N(C(C)(C)C)C3=O)c(O)c1. The highest BCUT2D eigenvalue weighted by Gasteiger charge is 2.41. The Kier molecular flexibility index (Phi) is 4.39. The molecule has 2 aromatic carbocycles. The minimum absolute atomic E-state index is 0.0410. The van der Waals surface area contributed by atoms with E-state index in [1.807, 2.05) is 6.92 Å². The molecule has 3 rings (SSSR count). The van der Waals surface area contributed by atoms with E-state index in [0.29, 0.717) is 11.3 Å². The molecule has 0 aromatic heterocycles. The number of nitrogens with one attached hydrogen (secondary N) is 2. The number of imide groups is 1. The maximum absolute atomic E-state index is 12.6. The molecule has 27 heavy (non-hydrogen) atoms. The predicted octanol–water partition coefficient (Wildman–Crippen LogP) is 3.74. The van der Waals surface area contributed by atoms with Gasteiger partial charge in [-0.15, -0.1) is 0 Å². The maximum Gasteiger partial charge on any atom is 0.323 e. The number of hydrogen-bond donors (Lipinski definition) is 3. The van der Waals surface area contributed by atoms with E-state index < -0.39 is 11.6 Å². The molecule has 3 N–H and O–H groups in total. The molecule has 140 valence electrons. The van der Waals surface area contributed by atoms with Crippen molar-refractivity contribution < 1.29 is 19.5 Å². The molecule has 4 amide bonds. The summed E-state index contributed by atoms with van der Waals surface area (Å²) < 4.78 is 0. The number of hydrogen-bond acceptors (Lipinski definition) is 4. The standard InChI is InChI=1S/C20H21N3O4/c1-11-5-8-15(16(24)9-11)22-19(27)21-12-6-7-13-14(10-12)18(26)23(17(13)25)20(2,3)4/h5-10,24H,1-4H3,(H2,21,22,27). The molecule has 0 fully saturated rings. The number of carbonyl (C=O) groups excluding carboxylic acids is 3. The van der Waals surface area contributed by atoms with Gasteiger partial charge in [0.1, 0.15) is 5.75 Å². The smallest absolute Gasteiger partial charge is 0.323 e. The lowest BCUT2D eigenvalue weighted by molar-refractivity contribution is 0.0507. The molecule has 0 atom stereocenters. The van der Waals surface area contributed by atoms with Crippen molar-refractivity contribution in [2.24, 2.45) is 0 Å². The quantitative estimate of drug-likeness (QED) is 0.556.